The molecule has 0 aromatic carbocycles. The molecule has 32 N–H and O–H groups in total. The van der Waals surface area contributed by atoms with Crippen molar-refractivity contribution in [1.29, 1.82) is 0 Å². The maximum atomic E-state index is 13.3. The zero-order valence-electron chi connectivity index (χ0n) is 65.9. The number of aliphatic hydroxyl groups excluding tert-OH is 28. The second-order valence-electron chi connectivity index (χ2n) is 31.0. The molecule has 55 heteroatoms. The Balaban J connectivity index is 1.04. The van der Waals surface area contributed by atoms with Crippen molar-refractivity contribution in [2.75, 3.05) is 66.1 Å². The molecule has 10 aliphatic heterocycles. The summed E-state index contributed by atoms with van der Waals surface area (Å²) >= 11 is 0. The molecule has 55 nitrogen and oxygen atoms in total. The highest BCUT2D eigenvalue weighted by molar-refractivity contribution is 5.74. The van der Waals surface area contributed by atoms with Gasteiger partial charge in [0, 0.05) is 27.7 Å². The van der Waals surface area contributed by atoms with E-state index in [-0.39, 0.29) is 0 Å². The third-order valence-corrected chi connectivity index (χ3v) is 22.5. The molecule has 50 atom stereocenters. The van der Waals surface area contributed by atoms with Crippen LogP contribution in [0, 0.1) is 0 Å². The minimum absolute atomic E-state index is 0.813. The molecular formula is C68H114N4O51. The van der Waals surface area contributed by atoms with Gasteiger partial charge in [-0.25, -0.2) is 0 Å². The summed E-state index contributed by atoms with van der Waals surface area (Å²) in [5, 5.41) is 322. The Kier molecular flexibility index (Phi) is 36.4. The van der Waals surface area contributed by atoms with Gasteiger partial charge in [-0.15, -0.1) is 0 Å². The molecule has 10 fully saturated rings. The Morgan fingerprint density at radius 2 is 0.447 bits per heavy atom. The number of ether oxygens (including phenoxy) is 19. The second kappa shape index (κ2) is 44.3. The molecule has 712 valence electrons. The van der Waals surface area contributed by atoms with Crippen LogP contribution in [0.4, 0.5) is 0 Å². The van der Waals surface area contributed by atoms with Crippen LogP contribution in [0.3, 0.4) is 0 Å². The van der Waals surface area contributed by atoms with Gasteiger partial charge in [-0.1, -0.05) is 0 Å². The summed E-state index contributed by atoms with van der Waals surface area (Å²) in [6.45, 7) is -7.53. The fourth-order valence-electron chi connectivity index (χ4n) is 15.9. The number of carbonyl (C=O) groups is 4. The monoisotopic (exact) mass is 1800 g/mol. The van der Waals surface area contributed by atoms with E-state index in [0.717, 1.165) is 27.7 Å². The predicted molar refractivity (Wildman–Crippen MR) is 376 cm³/mol. The van der Waals surface area contributed by atoms with Gasteiger partial charge in [-0.2, -0.15) is 0 Å². The quantitative estimate of drug-likeness (QED) is 0.0297. The molecule has 4 amide bonds. The van der Waals surface area contributed by atoms with E-state index in [4.69, 9.17) is 90.0 Å². The van der Waals surface area contributed by atoms with Gasteiger partial charge in [0.25, 0.3) is 0 Å². The molecule has 10 rings (SSSR count). The van der Waals surface area contributed by atoms with Gasteiger partial charge in [0.15, 0.2) is 62.9 Å². The highest BCUT2D eigenvalue weighted by atomic mass is 16.8. The smallest absolute Gasteiger partial charge is 0.217 e. The minimum atomic E-state index is -2.70. The fourth-order valence-corrected chi connectivity index (χ4v) is 15.9. The molecule has 10 saturated heterocycles. The average molecular weight is 1800 g/mol. The second-order valence-corrected chi connectivity index (χ2v) is 31.0. The van der Waals surface area contributed by atoms with Crippen LogP contribution in [-0.4, -0.2) is 539 Å². The van der Waals surface area contributed by atoms with E-state index >= 15 is 0 Å². The van der Waals surface area contributed by atoms with Crippen molar-refractivity contribution >= 4 is 23.6 Å². The van der Waals surface area contributed by atoms with Gasteiger partial charge < -0.3 is 254 Å². The van der Waals surface area contributed by atoms with Crippen LogP contribution in [0.2, 0.25) is 0 Å². The van der Waals surface area contributed by atoms with Crippen LogP contribution in [0.1, 0.15) is 27.7 Å². The molecule has 123 heavy (non-hydrogen) atoms. The standard InChI is InChI=1S/C68H114N4O51/c1-15(81)69-29-40(92)52(23(9-77)107-59(29)104)117-61-31(71-17(3)83)41(93)54(25(11-79)112-61)120-67-51(103)57(38(90)28(116-67)14-106-64-50(102)56(121-66-48(100)45(97)36(88)22(8-76)111-66)37(89)27(115-64)13-105-63-46(98)43(95)34(86)20(6-74)109-63)122-68-58(49(101)55(26(12-80)114-68)118-60-30(70-16(2)82)39(91)33(85)19(5-73)108-60)123-62-32(72-18(4)84)42(94)53(24(10-78)113-62)119-65-47(99)44(96)35(87)21(7-75)110-65/h19-68,73-80,85-104H,5-14H2,1-4H3,(H,69,81)(H,70,82)(H,71,83)(H,72,84)/t19-,20-,21-,22-,23-,24-,25-,26-,27-,28-,29-,30-,31-,32-,33-,34-,35+,36-,37-,38-,39+,40-,41-,42-,43+,44+,45+,46+,47-,48+,49+,50+,51+,52-,53-,54-,55-,56+,57+,58+,59-,60+,61+,62+,63+,64+,65+,66-,67+,68-/m1/s1. The van der Waals surface area contributed by atoms with Crippen LogP contribution >= 0.6 is 0 Å². The van der Waals surface area contributed by atoms with E-state index in [9.17, 15) is 162 Å². The van der Waals surface area contributed by atoms with Crippen molar-refractivity contribution in [3.63, 3.8) is 0 Å². The number of hydrogen-bond acceptors (Lipinski definition) is 51. The van der Waals surface area contributed by atoms with Crippen molar-refractivity contribution in [1.82, 2.24) is 21.3 Å². The van der Waals surface area contributed by atoms with E-state index < -0.39 is 397 Å². The van der Waals surface area contributed by atoms with E-state index in [0.29, 0.717) is 0 Å². The lowest BCUT2D eigenvalue weighted by Crippen LogP contribution is -2.71. The lowest BCUT2D eigenvalue weighted by atomic mass is 9.93. The number of amides is 4. The minimum Gasteiger partial charge on any atom is -0.394 e. The number of hydrogen-bond donors (Lipinski definition) is 32. The maximum Gasteiger partial charge on any atom is 0.217 e. The Labute approximate surface area is 695 Å². The molecule has 0 aliphatic carbocycles. The molecule has 0 aromatic rings. The normalized spacial score (nSPS) is 49.4. The first-order valence-corrected chi connectivity index (χ1v) is 39.1. The average Bonchev–Trinajstić information content (AvgIpc) is 0.758. The lowest BCUT2D eigenvalue weighted by molar-refractivity contribution is -0.405. The van der Waals surface area contributed by atoms with Crippen LogP contribution in [0.25, 0.3) is 0 Å². The Bertz CT molecular complexity index is 3310. The number of nitrogens with one attached hydrogen (secondary N) is 4. The van der Waals surface area contributed by atoms with Crippen LogP contribution in [-0.2, 0) is 109 Å². The third-order valence-electron chi connectivity index (χ3n) is 22.5. The van der Waals surface area contributed by atoms with Gasteiger partial charge in [-0.05, 0) is 0 Å². The SMILES string of the molecule is CC(=O)N[C@@H]1[C@@H](O)[C@H](O[C@@H]2O[C@H](CO)[C@@H](O[C@@H]3O[C@H](CO[C@H]4O[C@H](CO[C@H]5O[C@H](CO)[C@@H](O)[C@H](O)[C@@H]5O)[C@@H](O)[C@H](O[C@H]5O[C@H](CO)[C@@H](O)[C@H](O)[C@@H]5O)[C@@H]4O)[C@@H](O)[C@H](O[C@H]4O[C@H](CO)[C@@H](O[C@@H]5O[C@H](CO)[C@@H](O)[C@@H](O)[C@H]5NC(C)=O)[C@H](O)[C@@H]4O[C@@H]4O[C@H](CO)[C@@H](O[C@@H]5O[C@H](CO)[C@H](O)[C@H](O)[C@H]5O)[C@H](O)[C@H]4NC(C)=O)[C@@H]3O)[C@H](O)[C@H]2NC(C)=O)[C@@H](CO)O[C@H]1O. The van der Waals surface area contributed by atoms with E-state index in [2.05, 4.69) is 21.3 Å². The van der Waals surface area contributed by atoms with Gasteiger partial charge >= 0.3 is 0 Å². The first-order valence-electron chi connectivity index (χ1n) is 39.1. The Morgan fingerprint density at radius 1 is 0.211 bits per heavy atom. The van der Waals surface area contributed by atoms with Gasteiger partial charge in [0.1, 0.15) is 244 Å². The zero-order chi connectivity index (χ0) is 90.5. The van der Waals surface area contributed by atoms with Crippen molar-refractivity contribution < 1.29 is 252 Å². The first kappa shape index (κ1) is 101. The summed E-state index contributed by atoms with van der Waals surface area (Å²) in [5.74, 6) is -3.74. The van der Waals surface area contributed by atoms with E-state index in [1.807, 2.05) is 0 Å². The number of aliphatic hydroxyl groups is 28. The number of rotatable bonds is 32. The molecule has 0 aromatic heterocycles. The van der Waals surface area contributed by atoms with E-state index in [1.54, 1.807) is 0 Å². The summed E-state index contributed by atoms with van der Waals surface area (Å²) in [5.41, 5.74) is 0. The lowest BCUT2D eigenvalue weighted by Gasteiger charge is -2.52. The predicted octanol–water partition coefficient (Wildman–Crippen LogP) is -22.2. The highest BCUT2D eigenvalue weighted by Crippen LogP contribution is 2.41. The Morgan fingerprint density at radius 3 is 0.829 bits per heavy atom. The molecule has 0 bridgehead atoms. The van der Waals surface area contributed by atoms with Crippen LogP contribution in [0.5, 0.6) is 0 Å². The summed E-state index contributed by atoms with van der Waals surface area (Å²) in [7, 11) is 0. The summed E-state index contributed by atoms with van der Waals surface area (Å²) < 4.78 is 113. The molecule has 0 unspecified atom stereocenters. The first-order chi connectivity index (χ1) is 58.2. The van der Waals surface area contributed by atoms with Crippen molar-refractivity contribution in [2.24, 2.45) is 0 Å². The molecule has 10 aliphatic rings. The zero-order valence-corrected chi connectivity index (χ0v) is 65.9. The van der Waals surface area contributed by atoms with Crippen LogP contribution < -0.4 is 21.3 Å². The van der Waals surface area contributed by atoms with Crippen molar-refractivity contribution in [2.45, 2.75) is 335 Å². The van der Waals surface area contributed by atoms with Crippen molar-refractivity contribution in [3.8, 4) is 0 Å². The van der Waals surface area contributed by atoms with Gasteiger partial charge in [-0.3, -0.25) is 19.2 Å². The number of carbonyl (C=O) groups excluding carboxylic acids is 4. The third kappa shape index (κ3) is 22.4. The fraction of sp³-hybridized carbons (Fsp3) is 0.941. The van der Waals surface area contributed by atoms with E-state index in [1.165, 1.54) is 0 Å². The topological polar surface area (TPSA) is 858 Å². The van der Waals surface area contributed by atoms with Crippen LogP contribution in [0.15, 0.2) is 0 Å². The molecular weight excluding hydrogens is 1690 g/mol. The summed E-state index contributed by atoms with van der Waals surface area (Å²) in [6.07, 6.45) is -98.9. The molecule has 0 spiro atoms. The largest absolute Gasteiger partial charge is 0.394 e. The summed E-state index contributed by atoms with van der Waals surface area (Å²) in [4.78, 5) is 51.3. The maximum absolute atomic E-state index is 13.3. The molecule has 0 saturated carbocycles. The Hall–Kier alpha value is -4.00. The summed E-state index contributed by atoms with van der Waals surface area (Å²) in [6, 6.07) is -7.61. The van der Waals surface area contributed by atoms with Crippen molar-refractivity contribution in [3.05, 3.63) is 0 Å². The molecule has 10 heterocycles. The van der Waals surface area contributed by atoms with Gasteiger partial charge in [0.2, 0.25) is 23.6 Å². The highest BCUT2D eigenvalue weighted by Gasteiger charge is 2.62. The molecule has 0 radical (unpaired) electrons. The van der Waals surface area contributed by atoms with Gasteiger partial charge in [0.05, 0.1) is 66.1 Å².